The lowest BCUT2D eigenvalue weighted by Crippen LogP contribution is -2.14. The number of aromatic nitrogens is 4. The molecular weight excluding hydrogens is 390 g/mol. The van der Waals surface area contributed by atoms with E-state index in [0.717, 1.165) is 5.56 Å². The smallest absolute Gasteiger partial charge is 0.295 e. The molecule has 2 heterocycles. The molecule has 8 nitrogen and oxygen atoms in total. The third kappa shape index (κ3) is 3.51. The SMILES string of the molecule is Cc1nc2nc(C(=O)Nc3ccccc3)nn2c(-c2ccc(Cl)cc2N)c1CN. The fraction of sp³-hybridized carbons (Fsp3) is 0.100. The number of rotatable bonds is 4. The third-order valence-electron chi connectivity index (χ3n) is 4.50. The van der Waals surface area contributed by atoms with Gasteiger partial charge in [-0.3, -0.25) is 4.79 Å². The number of carbonyl (C=O) groups is 1. The Hall–Kier alpha value is -3.49. The molecule has 4 aromatic rings. The number of carbonyl (C=O) groups excluding carboxylic acids is 1. The second-order valence-corrected chi connectivity index (χ2v) is 6.86. The van der Waals surface area contributed by atoms with Crippen LogP contribution in [0.15, 0.2) is 48.5 Å². The minimum Gasteiger partial charge on any atom is -0.398 e. The van der Waals surface area contributed by atoms with E-state index in [9.17, 15) is 4.79 Å². The first kappa shape index (κ1) is 18.9. The Bertz CT molecular complexity index is 1220. The molecule has 9 heteroatoms. The topological polar surface area (TPSA) is 124 Å². The van der Waals surface area contributed by atoms with Gasteiger partial charge in [0.1, 0.15) is 0 Å². The maximum Gasteiger partial charge on any atom is 0.295 e. The number of nitrogens with one attached hydrogen (secondary N) is 1. The fourth-order valence-electron chi connectivity index (χ4n) is 3.12. The number of anilines is 2. The van der Waals surface area contributed by atoms with E-state index >= 15 is 0 Å². The van der Waals surface area contributed by atoms with Crippen LogP contribution in [0.25, 0.3) is 17.0 Å². The van der Waals surface area contributed by atoms with E-state index in [-0.39, 0.29) is 18.1 Å². The van der Waals surface area contributed by atoms with Crippen molar-refractivity contribution in [2.24, 2.45) is 5.73 Å². The molecular formula is C20H18ClN7O. The number of fused-ring (bicyclic) bond motifs is 1. The molecule has 4 rings (SSSR count). The lowest BCUT2D eigenvalue weighted by Gasteiger charge is -2.14. The minimum atomic E-state index is -0.441. The average Bonchev–Trinajstić information content (AvgIpc) is 3.12. The van der Waals surface area contributed by atoms with Crippen LogP contribution in [-0.2, 0) is 6.54 Å². The first-order valence-corrected chi connectivity index (χ1v) is 9.24. The molecule has 0 radical (unpaired) electrons. The maximum atomic E-state index is 12.6. The number of aryl methyl sites for hydroxylation is 1. The summed E-state index contributed by atoms with van der Waals surface area (Å²) in [7, 11) is 0. The quantitative estimate of drug-likeness (QED) is 0.446. The Labute approximate surface area is 171 Å². The van der Waals surface area contributed by atoms with Crippen molar-refractivity contribution in [2.75, 3.05) is 11.1 Å². The van der Waals surface area contributed by atoms with Gasteiger partial charge in [0.05, 0.1) is 5.69 Å². The van der Waals surface area contributed by atoms with E-state index in [2.05, 4.69) is 20.4 Å². The molecule has 0 bridgehead atoms. The molecule has 0 unspecified atom stereocenters. The van der Waals surface area contributed by atoms with Gasteiger partial charge >= 0.3 is 0 Å². The van der Waals surface area contributed by atoms with Gasteiger partial charge in [0.2, 0.25) is 5.82 Å². The van der Waals surface area contributed by atoms with E-state index in [4.69, 9.17) is 23.1 Å². The molecule has 0 aliphatic rings. The number of amides is 1. The second-order valence-electron chi connectivity index (χ2n) is 6.43. The largest absolute Gasteiger partial charge is 0.398 e. The van der Waals surface area contributed by atoms with Crippen LogP contribution in [0.5, 0.6) is 0 Å². The summed E-state index contributed by atoms with van der Waals surface area (Å²) in [6.45, 7) is 2.05. The molecule has 5 N–H and O–H groups in total. The number of hydrogen-bond donors (Lipinski definition) is 3. The van der Waals surface area contributed by atoms with E-state index < -0.39 is 5.91 Å². The third-order valence-corrected chi connectivity index (χ3v) is 4.73. The van der Waals surface area contributed by atoms with Crippen molar-refractivity contribution in [2.45, 2.75) is 13.5 Å². The molecule has 0 saturated carbocycles. The highest BCUT2D eigenvalue weighted by atomic mass is 35.5. The van der Waals surface area contributed by atoms with Gasteiger partial charge in [-0.05, 0) is 37.3 Å². The predicted octanol–water partition coefficient (Wildman–Crippen LogP) is 3.05. The molecule has 0 atom stereocenters. The van der Waals surface area contributed by atoms with E-state index in [1.165, 1.54) is 4.52 Å². The normalized spacial score (nSPS) is 11.0. The number of nitrogens with zero attached hydrogens (tertiary/aromatic N) is 4. The first-order chi connectivity index (χ1) is 14.0. The highest BCUT2D eigenvalue weighted by Gasteiger charge is 2.21. The summed E-state index contributed by atoms with van der Waals surface area (Å²) in [6, 6.07) is 14.2. The van der Waals surface area contributed by atoms with E-state index in [1.54, 1.807) is 30.3 Å². The molecule has 0 aliphatic heterocycles. The Morgan fingerprint density at radius 3 is 2.62 bits per heavy atom. The van der Waals surface area contributed by atoms with Crippen molar-refractivity contribution in [1.29, 1.82) is 0 Å². The number of halogens is 1. The lowest BCUT2D eigenvalue weighted by atomic mass is 10.0. The monoisotopic (exact) mass is 407 g/mol. The average molecular weight is 408 g/mol. The van der Waals surface area contributed by atoms with Gasteiger partial charge in [0, 0.05) is 39.8 Å². The van der Waals surface area contributed by atoms with E-state index in [0.29, 0.717) is 33.3 Å². The summed E-state index contributed by atoms with van der Waals surface area (Å²) >= 11 is 6.05. The van der Waals surface area contributed by atoms with Crippen LogP contribution in [0.3, 0.4) is 0 Å². The van der Waals surface area contributed by atoms with Gasteiger partial charge in [-0.25, -0.2) is 4.98 Å². The zero-order chi connectivity index (χ0) is 20.5. The number of hydrogen-bond acceptors (Lipinski definition) is 6. The van der Waals surface area contributed by atoms with Crippen LogP contribution in [0.1, 0.15) is 21.9 Å². The van der Waals surface area contributed by atoms with E-state index in [1.807, 2.05) is 25.1 Å². The van der Waals surface area contributed by atoms with Crippen LogP contribution in [0.2, 0.25) is 5.02 Å². The van der Waals surface area contributed by atoms with Crippen molar-refractivity contribution in [3.63, 3.8) is 0 Å². The van der Waals surface area contributed by atoms with Crippen LogP contribution in [0, 0.1) is 6.92 Å². The molecule has 2 aromatic carbocycles. The number of benzene rings is 2. The number of nitrogen functional groups attached to an aromatic ring is 1. The standard InChI is InChI=1S/C20H18ClN7O/c1-11-15(10-22)17(14-8-7-12(21)9-16(14)23)28-20(24-11)26-18(27-28)19(29)25-13-5-3-2-4-6-13/h2-9H,10,22-23H2,1H3,(H,25,29). The summed E-state index contributed by atoms with van der Waals surface area (Å²) in [4.78, 5) is 21.4. The molecule has 0 spiro atoms. The number of nitrogens with two attached hydrogens (primary N) is 2. The number of para-hydroxylation sites is 1. The van der Waals surface area contributed by atoms with Crippen molar-refractivity contribution in [3.05, 3.63) is 70.6 Å². The second kappa shape index (κ2) is 7.50. The van der Waals surface area contributed by atoms with Crippen molar-refractivity contribution < 1.29 is 4.79 Å². The van der Waals surface area contributed by atoms with Crippen molar-refractivity contribution >= 4 is 34.7 Å². The zero-order valence-electron chi connectivity index (χ0n) is 15.6. The Kier molecular flexibility index (Phi) is 4.87. The van der Waals surface area contributed by atoms with Crippen LogP contribution in [0.4, 0.5) is 11.4 Å². The summed E-state index contributed by atoms with van der Waals surface area (Å²) < 4.78 is 1.49. The Morgan fingerprint density at radius 2 is 1.93 bits per heavy atom. The van der Waals surface area contributed by atoms with Gasteiger partial charge in [0.25, 0.3) is 11.7 Å². The van der Waals surface area contributed by atoms with Gasteiger partial charge in [-0.15, -0.1) is 5.10 Å². The Balaban J connectivity index is 1.87. The summed E-state index contributed by atoms with van der Waals surface area (Å²) in [5, 5.41) is 7.67. The molecule has 0 aliphatic carbocycles. The zero-order valence-corrected chi connectivity index (χ0v) is 16.3. The molecule has 0 saturated heterocycles. The predicted molar refractivity (Wildman–Crippen MR) is 113 cm³/mol. The molecule has 146 valence electrons. The lowest BCUT2D eigenvalue weighted by molar-refractivity contribution is 0.101. The summed E-state index contributed by atoms with van der Waals surface area (Å²) in [5.41, 5.74) is 16.1. The Morgan fingerprint density at radius 1 is 1.17 bits per heavy atom. The first-order valence-electron chi connectivity index (χ1n) is 8.86. The maximum absolute atomic E-state index is 12.6. The fourth-order valence-corrected chi connectivity index (χ4v) is 3.30. The molecule has 2 aromatic heterocycles. The van der Waals surface area contributed by atoms with Crippen molar-refractivity contribution in [3.8, 4) is 11.3 Å². The van der Waals surface area contributed by atoms with Crippen molar-refractivity contribution in [1.82, 2.24) is 19.6 Å². The van der Waals surface area contributed by atoms with Gasteiger partial charge < -0.3 is 16.8 Å². The van der Waals surface area contributed by atoms with Gasteiger partial charge in [0.15, 0.2) is 0 Å². The van der Waals surface area contributed by atoms with Crippen LogP contribution >= 0.6 is 11.6 Å². The molecule has 0 fully saturated rings. The highest BCUT2D eigenvalue weighted by Crippen LogP contribution is 2.32. The minimum absolute atomic E-state index is 0.0105. The van der Waals surface area contributed by atoms with Gasteiger partial charge in [-0.2, -0.15) is 9.50 Å². The molecule has 29 heavy (non-hydrogen) atoms. The highest BCUT2D eigenvalue weighted by molar-refractivity contribution is 6.31. The van der Waals surface area contributed by atoms with Gasteiger partial charge in [-0.1, -0.05) is 29.8 Å². The molecule has 1 amide bonds. The van der Waals surface area contributed by atoms with Crippen LogP contribution in [-0.4, -0.2) is 25.5 Å². The summed E-state index contributed by atoms with van der Waals surface area (Å²) in [6.07, 6.45) is 0. The van der Waals surface area contributed by atoms with Crippen LogP contribution < -0.4 is 16.8 Å². The summed E-state index contributed by atoms with van der Waals surface area (Å²) in [5.74, 6) is -0.172.